The van der Waals surface area contributed by atoms with E-state index < -0.39 is 0 Å². The molecule has 0 aromatic carbocycles. The number of thioether (sulfide) groups is 1. The largest absolute Gasteiger partial charge is 0.161 e. The lowest BCUT2D eigenvalue weighted by Gasteiger charge is -2.18. The second kappa shape index (κ2) is 5.93. The van der Waals surface area contributed by atoms with Gasteiger partial charge in [-0.2, -0.15) is 11.8 Å². The predicted molar refractivity (Wildman–Crippen MR) is 59.1 cm³/mol. The van der Waals surface area contributed by atoms with Crippen molar-refractivity contribution in [2.75, 3.05) is 17.4 Å². The highest BCUT2D eigenvalue weighted by atomic mass is 35.5. The van der Waals surface area contributed by atoms with E-state index in [9.17, 15) is 0 Å². The first kappa shape index (κ1) is 10.5. The zero-order valence-electron chi connectivity index (χ0n) is 7.68. The first-order chi connectivity index (χ1) is 5.86. The minimum absolute atomic E-state index is 0.720. The van der Waals surface area contributed by atoms with Gasteiger partial charge in [0.15, 0.2) is 0 Å². The Kier molecular flexibility index (Phi) is 5.17. The number of hydrogen-bond donors (Lipinski definition) is 0. The smallest absolute Gasteiger partial charge is 0.0433 e. The molecular formula is C10H17ClS. The summed E-state index contributed by atoms with van der Waals surface area (Å²) >= 11 is 7.89. The van der Waals surface area contributed by atoms with Crippen LogP contribution in [0.2, 0.25) is 0 Å². The molecule has 70 valence electrons. The second-order valence-corrected chi connectivity index (χ2v) is 4.71. The lowest BCUT2D eigenvalue weighted by Crippen LogP contribution is -2.08. The van der Waals surface area contributed by atoms with Crippen LogP contribution in [0.1, 0.15) is 26.2 Å². The van der Waals surface area contributed by atoms with Crippen molar-refractivity contribution in [3.05, 3.63) is 11.6 Å². The molecule has 1 fully saturated rings. The van der Waals surface area contributed by atoms with E-state index in [1.54, 1.807) is 0 Å². The van der Waals surface area contributed by atoms with E-state index in [1.807, 2.05) is 0 Å². The van der Waals surface area contributed by atoms with Gasteiger partial charge in [0.25, 0.3) is 0 Å². The average Bonchev–Trinajstić information content (AvgIpc) is 2.16. The summed E-state index contributed by atoms with van der Waals surface area (Å²) in [5.41, 5.74) is 1.42. The van der Waals surface area contributed by atoms with Gasteiger partial charge in [-0.05, 0) is 36.7 Å². The Bertz CT molecular complexity index is 142. The molecule has 0 bridgehead atoms. The van der Waals surface area contributed by atoms with Crippen LogP contribution in [0.25, 0.3) is 0 Å². The van der Waals surface area contributed by atoms with Crippen LogP contribution in [-0.4, -0.2) is 17.4 Å². The SMILES string of the molecule is CC/C(=C\C1CCCSC1)CCl. The van der Waals surface area contributed by atoms with Crippen molar-refractivity contribution in [3.8, 4) is 0 Å². The molecule has 1 rings (SSSR count). The topological polar surface area (TPSA) is 0 Å². The van der Waals surface area contributed by atoms with Crippen LogP contribution >= 0.6 is 23.4 Å². The van der Waals surface area contributed by atoms with Crippen LogP contribution in [-0.2, 0) is 0 Å². The molecule has 0 spiro atoms. The molecule has 0 nitrogen and oxygen atoms in total. The zero-order chi connectivity index (χ0) is 8.81. The zero-order valence-corrected chi connectivity index (χ0v) is 9.26. The van der Waals surface area contributed by atoms with Gasteiger partial charge in [0.1, 0.15) is 0 Å². The lowest BCUT2D eigenvalue weighted by atomic mass is 10.0. The molecule has 1 unspecified atom stereocenters. The molecule has 1 aliphatic heterocycles. The maximum absolute atomic E-state index is 5.81. The van der Waals surface area contributed by atoms with Crippen LogP contribution in [0.4, 0.5) is 0 Å². The Hall–Kier alpha value is 0.380. The molecule has 0 aromatic rings. The minimum Gasteiger partial charge on any atom is -0.161 e. The number of allylic oxidation sites excluding steroid dienone is 2. The van der Waals surface area contributed by atoms with E-state index in [2.05, 4.69) is 24.8 Å². The molecule has 0 amide bonds. The summed E-state index contributed by atoms with van der Waals surface area (Å²) in [5, 5.41) is 0. The van der Waals surface area contributed by atoms with Crippen molar-refractivity contribution in [2.45, 2.75) is 26.2 Å². The number of halogens is 1. The van der Waals surface area contributed by atoms with Crippen molar-refractivity contribution in [1.82, 2.24) is 0 Å². The third-order valence-corrected chi connectivity index (χ3v) is 3.88. The van der Waals surface area contributed by atoms with Crippen LogP contribution in [0.3, 0.4) is 0 Å². The third kappa shape index (κ3) is 3.40. The van der Waals surface area contributed by atoms with Crippen molar-refractivity contribution in [1.29, 1.82) is 0 Å². The fourth-order valence-corrected chi connectivity index (χ4v) is 2.87. The molecule has 1 heterocycles. The van der Waals surface area contributed by atoms with Gasteiger partial charge in [0, 0.05) is 5.88 Å². The summed E-state index contributed by atoms with van der Waals surface area (Å²) < 4.78 is 0. The fraction of sp³-hybridized carbons (Fsp3) is 0.800. The Morgan fingerprint density at radius 1 is 1.67 bits per heavy atom. The van der Waals surface area contributed by atoms with Gasteiger partial charge < -0.3 is 0 Å². The van der Waals surface area contributed by atoms with Crippen molar-refractivity contribution in [3.63, 3.8) is 0 Å². The summed E-state index contributed by atoms with van der Waals surface area (Å²) in [6, 6.07) is 0. The summed E-state index contributed by atoms with van der Waals surface area (Å²) in [5.74, 6) is 4.18. The summed E-state index contributed by atoms with van der Waals surface area (Å²) in [7, 11) is 0. The number of rotatable bonds is 3. The quantitative estimate of drug-likeness (QED) is 0.499. The maximum Gasteiger partial charge on any atom is 0.0433 e. The molecule has 0 saturated carbocycles. The normalized spacial score (nSPS) is 25.8. The minimum atomic E-state index is 0.720. The van der Waals surface area contributed by atoms with Gasteiger partial charge in [-0.15, -0.1) is 11.6 Å². The second-order valence-electron chi connectivity index (χ2n) is 3.29. The molecule has 1 atom stereocenters. The lowest BCUT2D eigenvalue weighted by molar-refractivity contribution is 0.624. The highest BCUT2D eigenvalue weighted by molar-refractivity contribution is 7.99. The summed E-state index contributed by atoms with van der Waals surface area (Å²) in [6.07, 6.45) is 6.27. The molecule has 0 aromatic heterocycles. The number of hydrogen-bond acceptors (Lipinski definition) is 1. The van der Waals surface area contributed by atoms with E-state index in [0.29, 0.717) is 0 Å². The van der Waals surface area contributed by atoms with Gasteiger partial charge in [-0.3, -0.25) is 0 Å². The first-order valence-corrected chi connectivity index (χ1v) is 6.39. The van der Waals surface area contributed by atoms with E-state index in [0.717, 1.165) is 18.2 Å². The average molecular weight is 205 g/mol. The molecule has 0 N–H and O–H groups in total. The molecule has 0 radical (unpaired) electrons. The van der Waals surface area contributed by atoms with Gasteiger partial charge in [0.2, 0.25) is 0 Å². The van der Waals surface area contributed by atoms with Crippen LogP contribution in [0.5, 0.6) is 0 Å². The van der Waals surface area contributed by atoms with Gasteiger partial charge in [-0.1, -0.05) is 18.6 Å². The standard InChI is InChI=1S/C10H17ClS/c1-2-9(7-11)6-10-4-3-5-12-8-10/h6,10H,2-5,7-8H2,1H3/b9-6+. The molecule has 12 heavy (non-hydrogen) atoms. The van der Waals surface area contributed by atoms with E-state index in [4.69, 9.17) is 11.6 Å². The van der Waals surface area contributed by atoms with Gasteiger partial charge >= 0.3 is 0 Å². The number of alkyl halides is 1. The van der Waals surface area contributed by atoms with Crippen molar-refractivity contribution >= 4 is 23.4 Å². The molecule has 2 heteroatoms. The molecule has 0 aliphatic carbocycles. The Morgan fingerprint density at radius 3 is 3.00 bits per heavy atom. The van der Waals surface area contributed by atoms with Gasteiger partial charge in [0.05, 0.1) is 0 Å². The van der Waals surface area contributed by atoms with E-state index >= 15 is 0 Å². The summed E-state index contributed by atoms with van der Waals surface area (Å²) in [6.45, 7) is 2.18. The van der Waals surface area contributed by atoms with E-state index in [1.165, 1.54) is 29.9 Å². The molecule has 1 aliphatic rings. The van der Waals surface area contributed by atoms with Crippen LogP contribution < -0.4 is 0 Å². The Balaban J connectivity index is 2.39. The summed E-state index contributed by atoms with van der Waals surface area (Å²) in [4.78, 5) is 0. The Morgan fingerprint density at radius 2 is 2.50 bits per heavy atom. The van der Waals surface area contributed by atoms with Crippen LogP contribution in [0, 0.1) is 5.92 Å². The monoisotopic (exact) mass is 204 g/mol. The third-order valence-electron chi connectivity index (χ3n) is 2.29. The first-order valence-electron chi connectivity index (χ1n) is 4.70. The van der Waals surface area contributed by atoms with Crippen molar-refractivity contribution < 1.29 is 0 Å². The Labute approximate surface area is 84.8 Å². The fourth-order valence-electron chi connectivity index (χ4n) is 1.49. The highest BCUT2D eigenvalue weighted by Crippen LogP contribution is 2.25. The maximum atomic E-state index is 5.81. The van der Waals surface area contributed by atoms with Gasteiger partial charge in [-0.25, -0.2) is 0 Å². The molecule has 1 saturated heterocycles. The van der Waals surface area contributed by atoms with Crippen LogP contribution in [0.15, 0.2) is 11.6 Å². The highest BCUT2D eigenvalue weighted by Gasteiger charge is 2.11. The predicted octanol–water partition coefficient (Wildman–Crippen LogP) is 3.70. The van der Waals surface area contributed by atoms with Crippen molar-refractivity contribution in [2.24, 2.45) is 5.92 Å². The van der Waals surface area contributed by atoms with E-state index in [-0.39, 0.29) is 0 Å². The molecular weight excluding hydrogens is 188 g/mol.